The predicted octanol–water partition coefficient (Wildman–Crippen LogP) is 2.46. The molecule has 0 aliphatic heterocycles. The molecular weight excluding hydrogens is 314 g/mol. The van der Waals surface area contributed by atoms with Crippen molar-refractivity contribution in [3.8, 4) is 0 Å². The number of carboxylic acid groups (broad SMARTS) is 1. The van der Waals surface area contributed by atoms with Gasteiger partial charge >= 0.3 is 5.97 Å². The summed E-state index contributed by atoms with van der Waals surface area (Å²) in [5.41, 5.74) is -1.45. The molecule has 0 radical (unpaired) electrons. The van der Waals surface area contributed by atoms with Crippen molar-refractivity contribution >= 4 is 28.6 Å². The Labute approximate surface area is 90.1 Å². The van der Waals surface area contributed by atoms with E-state index in [1.807, 2.05) is 0 Å². The second-order valence-electron chi connectivity index (χ2n) is 2.30. The van der Waals surface area contributed by atoms with Crippen LogP contribution in [0.1, 0.15) is 22.5 Å². The lowest BCUT2D eigenvalue weighted by Crippen LogP contribution is -2.08. The Bertz CT molecular complexity index is 360. The number of nitrogens with zero attached hydrogens (tertiary/aromatic N) is 1. The van der Waals surface area contributed by atoms with Crippen molar-refractivity contribution in [3.05, 3.63) is 26.8 Å². The van der Waals surface area contributed by atoms with E-state index < -0.39 is 29.6 Å². The molecule has 14 heavy (non-hydrogen) atoms. The van der Waals surface area contributed by atoms with Gasteiger partial charge in [0, 0.05) is 3.57 Å². The summed E-state index contributed by atoms with van der Waals surface area (Å²) < 4.78 is 37.0. The van der Waals surface area contributed by atoms with Crippen molar-refractivity contribution in [1.82, 2.24) is 4.98 Å². The van der Waals surface area contributed by atoms with Crippen LogP contribution < -0.4 is 0 Å². The Morgan fingerprint density at radius 1 is 1.57 bits per heavy atom. The highest BCUT2D eigenvalue weighted by atomic mass is 127. The monoisotopic (exact) mass is 317 g/mol. The van der Waals surface area contributed by atoms with Gasteiger partial charge in [-0.1, -0.05) is 0 Å². The van der Waals surface area contributed by atoms with Crippen molar-refractivity contribution in [2.24, 2.45) is 0 Å². The second-order valence-corrected chi connectivity index (χ2v) is 3.46. The van der Waals surface area contributed by atoms with E-state index >= 15 is 0 Å². The molecule has 0 saturated heterocycles. The number of aromatic nitrogens is 1. The first-order chi connectivity index (χ1) is 6.43. The van der Waals surface area contributed by atoms with Gasteiger partial charge in [0.05, 0.1) is 0 Å². The maximum absolute atomic E-state index is 12.9. The summed E-state index contributed by atoms with van der Waals surface area (Å²) in [6, 6.07) is 0.845. The predicted molar refractivity (Wildman–Crippen MR) is 48.8 cm³/mol. The second kappa shape index (κ2) is 4.11. The van der Waals surface area contributed by atoms with Crippen LogP contribution in [-0.4, -0.2) is 16.1 Å². The van der Waals surface area contributed by atoms with Gasteiger partial charge in [-0.2, -0.15) is 4.39 Å². The number of carboxylic acids is 1. The molecule has 1 rings (SSSR count). The summed E-state index contributed by atoms with van der Waals surface area (Å²) in [6.07, 6.45) is -2.92. The van der Waals surface area contributed by atoms with E-state index in [2.05, 4.69) is 4.98 Å². The third-order valence-corrected chi connectivity index (χ3v) is 2.24. The quantitative estimate of drug-likeness (QED) is 0.673. The van der Waals surface area contributed by atoms with E-state index in [-0.39, 0.29) is 3.57 Å². The molecule has 0 bridgehead atoms. The van der Waals surface area contributed by atoms with E-state index in [0.29, 0.717) is 0 Å². The van der Waals surface area contributed by atoms with Crippen LogP contribution in [0.25, 0.3) is 0 Å². The number of aromatic carboxylic acids is 1. The minimum absolute atomic E-state index is 0.0992. The minimum atomic E-state index is -2.92. The van der Waals surface area contributed by atoms with Crippen LogP contribution in [0, 0.1) is 9.52 Å². The third-order valence-electron chi connectivity index (χ3n) is 1.38. The first kappa shape index (κ1) is 11.2. The Morgan fingerprint density at radius 2 is 2.14 bits per heavy atom. The Morgan fingerprint density at radius 3 is 2.50 bits per heavy atom. The smallest absolute Gasteiger partial charge is 0.341 e. The molecule has 0 fully saturated rings. The van der Waals surface area contributed by atoms with Crippen LogP contribution in [0.5, 0.6) is 0 Å². The van der Waals surface area contributed by atoms with Crippen LogP contribution in [0.2, 0.25) is 0 Å². The number of rotatable bonds is 2. The summed E-state index contributed by atoms with van der Waals surface area (Å²) in [7, 11) is 0. The van der Waals surface area contributed by atoms with Crippen molar-refractivity contribution in [3.63, 3.8) is 0 Å². The number of carbonyl (C=O) groups is 1. The lowest BCUT2D eigenvalue weighted by Gasteiger charge is -2.03. The molecule has 0 aliphatic carbocycles. The van der Waals surface area contributed by atoms with Gasteiger partial charge in [0.2, 0.25) is 5.95 Å². The van der Waals surface area contributed by atoms with Gasteiger partial charge in [-0.05, 0) is 28.7 Å². The number of alkyl halides is 2. The number of pyridine rings is 1. The summed E-state index contributed by atoms with van der Waals surface area (Å²) in [5, 5.41) is 8.50. The van der Waals surface area contributed by atoms with E-state index in [1.165, 1.54) is 22.6 Å². The molecule has 0 aliphatic rings. The zero-order valence-electron chi connectivity index (χ0n) is 6.47. The fraction of sp³-hybridized carbons (Fsp3) is 0.143. The molecule has 76 valence electrons. The molecule has 0 unspecified atom stereocenters. The van der Waals surface area contributed by atoms with Gasteiger partial charge in [0.1, 0.15) is 11.3 Å². The van der Waals surface area contributed by atoms with Gasteiger partial charge in [-0.3, -0.25) is 0 Å². The van der Waals surface area contributed by atoms with Crippen LogP contribution in [0.15, 0.2) is 6.07 Å². The van der Waals surface area contributed by atoms with Crippen molar-refractivity contribution in [2.75, 3.05) is 0 Å². The van der Waals surface area contributed by atoms with Gasteiger partial charge < -0.3 is 5.11 Å². The highest BCUT2D eigenvalue weighted by molar-refractivity contribution is 14.1. The normalized spacial score (nSPS) is 10.6. The molecule has 0 atom stereocenters. The standard InChI is InChI=1S/C7H3F3INO2/c8-5(9)3-1-2(11)4(7(13)14)6(10)12-3/h1,5H,(H,13,14). The molecule has 0 aromatic carbocycles. The zero-order chi connectivity index (χ0) is 10.9. The van der Waals surface area contributed by atoms with Gasteiger partial charge in [0.25, 0.3) is 6.43 Å². The summed E-state index contributed by atoms with van der Waals surface area (Å²) in [5.74, 6) is -2.92. The molecule has 0 saturated carbocycles. The third kappa shape index (κ3) is 2.14. The minimum Gasteiger partial charge on any atom is -0.477 e. The van der Waals surface area contributed by atoms with E-state index in [0.717, 1.165) is 6.07 Å². The Kier molecular flexibility index (Phi) is 3.29. The van der Waals surface area contributed by atoms with E-state index in [4.69, 9.17) is 5.11 Å². The first-order valence-electron chi connectivity index (χ1n) is 3.31. The van der Waals surface area contributed by atoms with E-state index in [9.17, 15) is 18.0 Å². The molecule has 1 heterocycles. The summed E-state index contributed by atoms with van der Waals surface area (Å²) >= 11 is 1.47. The topological polar surface area (TPSA) is 50.2 Å². The van der Waals surface area contributed by atoms with Crippen LogP contribution in [0.3, 0.4) is 0 Å². The van der Waals surface area contributed by atoms with Crippen molar-refractivity contribution in [2.45, 2.75) is 6.43 Å². The first-order valence-corrected chi connectivity index (χ1v) is 4.38. The average Bonchev–Trinajstić information content (AvgIpc) is 2.01. The van der Waals surface area contributed by atoms with Gasteiger partial charge in [0.15, 0.2) is 0 Å². The molecule has 7 heteroatoms. The SMILES string of the molecule is O=C(O)c1c(I)cc(C(F)F)nc1F. The van der Waals surface area contributed by atoms with Crippen LogP contribution >= 0.6 is 22.6 Å². The molecule has 0 amide bonds. The van der Waals surface area contributed by atoms with Gasteiger partial charge in [-0.25, -0.2) is 18.6 Å². The largest absolute Gasteiger partial charge is 0.477 e. The Balaban J connectivity index is 3.32. The summed E-state index contributed by atoms with van der Waals surface area (Å²) in [6.45, 7) is 0. The molecule has 0 spiro atoms. The number of hydrogen-bond donors (Lipinski definition) is 1. The number of halogens is 4. The van der Waals surface area contributed by atoms with E-state index in [1.54, 1.807) is 0 Å². The van der Waals surface area contributed by atoms with Gasteiger partial charge in [-0.15, -0.1) is 0 Å². The molecule has 3 nitrogen and oxygen atoms in total. The molecule has 1 aromatic rings. The highest BCUT2D eigenvalue weighted by Gasteiger charge is 2.20. The molecular formula is C7H3F3INO2. The maximum atomic E-state index is 12.9. The summed E-state index contributed by atoms with van der Waals surface area (Å²) in [4.78, 5) is 13.3. The lowest BCUT2D eigenvalue weighted by molar-refractivity contribution is 0.0688. The fourth-order valence-corrected chi connectivity index (χ4v) is 1.58. The highest BCUT2D eigenvalue weighted by Crippen LogP contribution is 2.22. The average molecular weight is 317 g/mol. The molecule has 1 aromatic heterocycles. The van der Waals surface area contributed by atoms with Crippen LogP contribution in [-0.2, 0) is 0 Å². The fourth-order valence-electron chi connectivity index (χ4n) is 0.804. The number of hydrogen-bond acceptors (Lipinski definition) is 2. The van der Waals surface area contributed by atoms with Crippen molar-refractivity contribution in [1.29, 1.82) is 0 Å². The lowest BCUT2D eigenvalue weighted by atomic mass is 10.2. The molecule has 1 N–H and O–H groups in total. The Hall–Kier alpha value is -0.860. The van der Waals surface area contributed by atoms with Crippen molar-refractivity contribution < 1.29 is 23.1 Å². The van der Waals surface area contributed by atoms with Crippen LogP contribution in [0.4, 0.5) is 13.2 Å². The maximum Gasteiger partial charge on any atom is 0.341 e. The zero-order valence-corrected chi connectivity index (χ0v) is 8.63.